The molecule has 0 saturated carbocycles. The molecule has 3 aromatic rings. The number of aromatic nitrogens is 1. The molecule has 10 heteroatoms. The molecule has 0 saturated heterocycles. The summed E-state index contributed by atoms with van der Waals surface area (Å²) in [4.78, 5) is 17.4. The summed E-state index contributed by atoms with van der Waals surface area (Å²) in [6, 6.07) is 10.6. The Hall–Kier alpha value is -3.11. The molecule has 1 aliphatic heterocycles. The number of benzene rings is 2. The lowest BCUT2D eigenvalue weighted by Crippen LogP contribution is -2.27. The number of hydrogen-bond donors (Lipinski definition) is 2. The predicted molar refractivity (Wildman–Crippen MR) is 124 cm³/mol. The van der Waals surface area contributed by atoms with E-state index in [2.05, 4.69) is 15.6 Å². The predicted octanol–water partition coefficient (Wildman–Crippen LogP) is 3.43. The van der Waals surface area contributed by atoms with Crippen molar-refractivity contribution in [3.63, 3.8) is 0 Å². The zero-order valence-corrected chi connectivity index (χ0v) is 18.9. The number of ether oxygens (including phenoxy) is 1. The number of methoxy groups -OCH3 is 1. The average Bonchev–Trinajstić information content (AvgIpc) is 3.40. The van der Waals surface area contributed by atoms with Crippen LogP contribution in [-0.2, 0) is 16.4 Å². The topological polar surface area (TPSA) is 101 Å². The van der Waals surface area contributed by atoms with Gasteiger partial charge in [0.15, 0.2) is 5.13 Å². The number of amides is 1. The highest BCUT2D eigenvalue weighted by molar-refractivity contribution is 7.92. The van der Waals surface area contributed by atoms with Gasteiger partial charge in [-0.3, -0.25) is 9.10 Å². The zero-order valence-electron chi connectivity index (χ0n) is 17.3. The number of sulfonamides is 1. The molecule has 0 radical (unpaired) electrons. The van der Waals surface area contributed by atoms with Crippen LogP contribution in [0.3, 0.4) is 0 Å². The van der Waals surface area contributed by atoms with E-state index in [1.54, 1.807) is 31.4 Å². The van der Waals surface area contributed by atoms with Crippen molar-refractivity contribution >= 4 is 43.8 Å². The van der Waals surface area contributed by atoms with E-state index in [9.17, 15) is 13.2 Å². The lowest BCUT2D eigenvalue weighted by Gasteiger charge is -2.16. The SMILES string of the molecule is CNc1nc(-c2ccc(OC)c(NC(=O)c3ccc4c(c3)CCN4S(C)(=O)=O)c2)cs1. The summed E-state index contributed by atoms with van der Waals surface area (Å²) in [7, 11) is 0.0257. The van der Waals surface area contributed by atoms with Gasteiger partial charge in [-0.25, -0.2) is 13.4 Å². The van der Waals surface area contributed by atoms with Crippen LogP contribution >= 0.6 is 11.3 Å². The maximum atomic E-state index is 12.9. The van der Waals surface area contributed by atoms with Gasteiger partial charge >= 0.3 is 0 Å². The Morgan fingerprint density at radius 2 is 2.03 bits per heavy atom. The van der Waals surface area contributed by atoms with Crippen LogP contribution in [0, 0.1) is 0 Å². The van der Waals surface area contributed by atoms with Crippen molar-refractivity contribution in [3.05, 3.63) is 52.9 Å². The first-order chi connectivity index (χ1) is 14.8. The Balaban J connectivity index is 1.60. The molecule has 31 heavy (non-hydrogen) atoms. The monoisotopic (exact) mass is 458 g/mol. The van der Waals surface area contributed by atoms with E-state index < -0.39 is 10.0 Å². The van der Waals surface area contributed by atoms with E-state index in [1.165, 1.54) is 21.9 Å². The zero-order chi connectivity index (χ0) is 22.2. The minimum Gasteiger partial charge on any atom is -0.495 e. The molecule has 0 aliphatic carbocycles. The molecule has 0 spiro atoms. The van der Waals surface area contributed by atoms with Gasteiger partial charge < -0.3 is 15.4 Å². The number of rotatable bonds is 6. The van der Waals surface area contributed by atoms with E-state index in [0.717, 1.165) is 22.0 Å². The summed E-state index contributed by atoms with van der Waals surface area (Å²) in [6.45, 7) is 0.386. The van der Waals surface area contributed by atoms with E-state index >= 15 is 0 Å². The van der Waals surface area contributed by atoms with Crippen molar-refractivity contribution in [3.8, 4) is 17.0 Å². The summed E-state index contributed by atoms with van der Waals surface area (Å²) in [5.41, 5.74) is 4.09. The second-order valence-electron chi connectivity index (χ2n) is 7.09. The van der Waals surface area contributed by atoms with Crippen LogP contribution in [-0.4, -0.2) is 46.3 Å². The van der Waals surface area contributed by atoms with E-state index in [4.69, 9.17) is 4.74 Å². The van der Waals surface area contributed by atoms with Crippen molar-refractivity contribution in [1.29, 1.82) is 0 Å². The van der Waals surface area contributed by atoms with Crippen LogP contribution < -0.4 is 19.7 Å². The fourth-order valence-electron chi connectivity index (χ4n) is 3.54. The number of nitrogens with one attached hydrogen (secondary N) is 2. The molecule has 1 aromatic heterocycles. The highest BCUT2D eigenvalue weighted by Gasteiger charge is 2.27. The van der Waals surface area contributed by atoms with Crippen LogP contribution in [0.15, 0.2) is 41.8 Å². The van der Waals surface area contributed by atoms with E-state index in [-0.39, 0.29) is 5.91 Å². The van der Waals surface area contributed by atoms with Gasteiger partial charge in [-0.15, -0.1) is 11.3 Å². The minimum absolute atomic E-state index is 0.301. The van der Waals surface area contributed by atoms with Gasteiger partial charge in [0.25, 0.3) is 5.91 Å². The summed E-state index contributed by atoms with van der Waals surface area (Å²) in [5, 5.41) is 8.66. The molecule has 162 valence electrons. The van der Waals surface area contributed by atoms with Crippen molar-refractivity contribution in [2.24, 2.45) is 0 Å². The third kappa shape index (κ3) is 4.21. The highest BCUT2D eigenvalue weighted by Crippen LogP contribution is 2.34. The Morgan fingerprint density at radius 3 is 2.71 bits per heavy atom. The van der Waals surface area contributed by atoms with Crippen LogP contribution in [0.25, 0.3) is 11.3 Å². The van der Waals surface area contributed by atoms with Crippen LogP contribution in [0.1, 0.15) is 15.9 Å². The molecule has 4 rings (SSSR count). The molecule has 8 nitrogen and oxygen atoms in total. The molecule has 2 N–H and O–H groups in total. The van der Waals surface area contributed by atoms with Crippen LogP contribution in [0.2, 0.25) is 0 Å². The average molecular weight is 459 g/mol. The standard InChI is InChI=1S/C21H22N4O4S2/c1-22-21-24-17(12-30-21)13-5-7-19(29-2)16(11-13)23-20(26)15-4-6-18-14(10-15)8-9-25(18)31(3,27)28/h4-7,10-12H,8-9H2,1-3H3,(H,22,24)(H,23,26). The van der Waals surface area contributed by atoms with Gasteiger partial charge in [0, 0.05) is 30.1 Å². The van der Waals surface area contributed by atoms with Gasteiger partial charge in [0.1, 0.15) is 5.75 Å². The first kappa shape index (κ1) is 21.1. The Bertz CT molecular complexity index is 1250. The van der Waals surface area contributed by atoms with E-state index in [1.807, 2.05) is 24.6 Å². The lowest BCUT2D eigenvalue weighted by molar-refractivity contribution is 0.102. The number of hydrogen-bond acceptors (Lipinski definition) is 7. The lowest BCUT2D eigenvalue weighted by atomic mass is 10.1. The molecule has 0 atom stereocenters. The van der Waals surface area contributed by atoms with Crippen molar-refractivity contribution < 1.29 is 17.9 Å². The molecule has 0 unspecified atom stereocenters. The second kappa shape index (κ2) is 8.20. The molecule has 2 heterocycles. The van der Waals surface area contributed by atoms with Crippen LogP contribution in [0.5, 0.6) is 5.75 Å². The van der Waals surface area contributed by atoms with Crippen molar-refractivity contribution in [2.45, 2.75) is 6.42 Å². The second-order valence-corrected chi connectivity index (χ2v) is 9.85. The van der Waals surface area contributed by atoms with Gasteiger partial charge in [-0.2, -0.15) is 0 Å². The number of thiazole rings is 1. The van der Waals surface area contributed by atoms with Crippen molar-refractivity contribution in [2.75, 3.05) is 41.9 Å². The van der Waals surface area contributed by atoms with Gasteiger partial charge in [-0.05, 0) is 48.4 Å². The van der Waals surface area contributed by atoms with Crippen LogP contribution in [0.4, 0.5) is 16.5 Å². The largest absolute Gasteiger partial charge is 0.495 e. The molecular weight excluding hydrogens is 436 g/mol. The van der Waals surface area contributed by atoms with Gasteiger partial charge in [0.05, 0.1) is 30.4 Å². The summed E-state index contributed by atoms with van der Waals surface area (Å²) < 4.78 is 30.6. The Labute approximate surface area is 184 Å². The fourth-order valence-corrected chi connectivity index (χ4v) is 5.18. The highest BCUT2D eigenvalue weighted by atomic mass is 32.2. The Kier molecular flexibility index (Phi) is 5.59. The molecule has 0 bridgehead atoms. The summed E-state index contributed by atoms with van der Waals surface area (Å²) in [6.07, 6.45) is 1.75. The number of carbonyl (C=O) groups excluding carboxylic acids is 1. The minimum atomic E-state index is -3.33. The smallest absolute Gasteiger partial charge is 0.255 e. The summed E-state index contributed by atoms with van der Waals surface area (Å²) >= 11 is 1.50. The van der Waals surface area contributed by atoms with E-state index in [0.29, 0.717) is 35.7 Å². The van der Waals surface area contributed by atoms with Gasteiger partial charge in [0.2, 0.25) is 10.0 Å². The molecule has 1 aliphatic rings. The number of anilines is 3. The maximum Gasteiger partial charge on any atom is 0.255 e. The number of fused-ring (bicyclic) bond motifs is 1. The molecule has 0 fully saturated rings. The molecular formula is C21H22N4O4S2. The molecule has 2 aromatic carbocycles. The fraction of sp³-hybridized carbons (Fsp3) is 0.238. The number of nitrogens with zero attached hydrogens (tertiary/aromatic N) is 2. The third-order valence-electron chi connectivity index (χ3n) is 5.06. The first-order valence-electron chi connectivity index (χ1n) is 9.54. The third-order valence-corrected chi connectivity index (χ3v) is 7.10. The maximum absolute atomic E-state index is 12.9. The first-order valence-corrected chi connectivity index (χ1v) is 12.3. The summed E-state index contributed by atoms with van der Waals surface area (Å²) in [5.74, 6) is 0.232. The molecule has 1 amide bonds. The normalized spacial score (nSPS) is 13.1. The Morgan fingerprint density at radius 1 is 1.23 bits per heavy atom. The van der Waals surface area contributed by atoms with Crippen molar-refractivity contribution in [1.82, 2.24) is 4.98 Å². The van der Waals surface area contributed by atoms with Gasteiger partial charge in [-0.1, -0.05) is 0 Å². The number of carbonyl (C=O) groups is 1. The quantitative estimate of drug-likeness (QED) is 0.587.